The molecule has 19 heavy (non-hydrogen) atoms. The lowest BCUT2D eigenvalue weighted by molar-refractivity contribution is 0.472. The third kappa shape index (κ3) is 1.41. The first-order valence-corrected chi connectivity index (χ1v) is 6.75. The molecule has 1 aromatic heterocycles. The van der Waals surface area contributed by atoms with E-state index in [-0.39, 0.29) is 0 Å². The van der Waals surface area contributed by atoms with Gasteiger partial charge in [-0.25, -0.2) is 0 Å². The number of hydrogen-bond acceptors (Lipinski definition) is 2. The lowest BCUT2D eigenvalue weighted by Crippen LogP contribution is -2.42. The summed E-state index contributed by atoms with van der Waals surface area (Å²) in [7, 11) is 0. The van der Waals surface area contributed by atoms with Gasteiger partial charge in [0, 0.05) is 30.2 Å². The molecule has 1 N–H and O–H groups in total. The number of rotatable bonds is 0. The normalized spacial score (nSPS) is 24.7. The van der Waals surface area contributed by atoms with Crippen molar-refractivity contribution >= 4 is 16.5 Å². The fourth-order valence-electron chi connectivity index (χ4n) is 3.36. The summed E-state index contributed by atoms with van der Waals surface area (Å²) in [5.41, 5.74) is 4.68. The standard InChI is InChI=1S/C16H15N3/c1-10-6-14-13-3-2-11(7-17)12-4-5-19(16(12)13)9-15(14)18-8-10/h2-6,10,15,18H,8-9H2,1H3/t10-,15?/m1/s1. The van der Waals surface area contributed by atoms with Crippen LogP contribution >= 0.6 is 0 Å². The predicted molar refractivity (Wildman–Crippen MR) is 75.6 cm³/mol. The van der Waals surface area contributed by atoms with E-state index in [1.54, 1.807) is 0 Å². The molecule has 2 aliphatic rings. The molecule has 0 aliphatic carbocycles. The van der Waals surface area contributed by atoms with Crippen LogP contribution in [-0.4, -0.2) is 17.2 Å². The van der Waals surface area contributed by atoms with Gasteiger partial charge >= 0.3 is 0 Å². The number of nitrogens with zero attached hydrogens (tertiary/aromatic N) is 2. The van der Waals surface area contributed by atoms with Crippen molar-refractivity contribution in [3.05, 3.63) is 41.6 Å². The van der Waals surface area contributed by atoms with Crippen molar-refractivity contribution in [3.63, 3.8) is 0 Å². The quantitative estimate of drug-likeness (QED) is 0.779. The number of hydrogen-bond donors (Lipinski definition) is 1. The molecule has 1 aromatic carbocycles. The van der Waals surface area contributed by atoms with Crippen LogP contribution in [0, 0.1) is 17.2 Å². The number of fused-ring (bicyclic) bond motifs is 2. The van der Waals surface area contributed by atoms with E-state index >= 15 is 0 Å². The molecule has 2 aliphatic heterocycles. The van der Waals surface area contributed by atoms with Gasteiger partial charge in [0.15, 0.2) is 0 Å². The van der Waals surface area contributed by atoms with E-state index in [0.29, 0.717) is 12.0 Å². The van der Waals surface area contributed by atoms with Gasteiger partial charge in [0.25, 0.3) is 0 Å². The zero-order chi connectivity index (χ0) is 13.0. The molecule has 2 atom stereocenters. The maximum atomic E-state index is 9.21. The molecule has 1 unspecified atom stereocenters. The third-order valence-electron chi connectivity index (χ3n) is 4.26. The highest BCUT2D eigenvalue weighted by Crippen LogP contribution is 2.36. The molecule has 0 bridgehead atoms. The maximum Gasteiger partial charge on any atom is 0.0998 e. The first kappa shape index (κ1) is 10.8. The molecular formula is C16H15N3. The van der Waals surface area contributed by atoms with Gasteiger partial charge in [0.2, 0.25) is 0 Å². The smallest absolute Gasteiger partial charge is 0.0998 e. The molecule has 0 fully saturated rings. The summed E-state index contributed by atoms with van der Waals surface area (Å²) >= 11 is 0. The van der Waals surface area contributed by atoms with E-state index in [0.717, 1.165) is 24.0 Å². The Labute approximate surface area is 112 Å². The van der Waals surface area contributed by atoms with E-state index in [1.807, 2.05) is 6.07 Å². The summed E-state index contributed by atoms with van der Waals surface area (Å²) < 4.78 is 2.27. The van der Waals surface area contributed by atoms with Gasteiger partial charge in [-0.1, -0.05) is 19.1 Å². The van der Waals surface area contributed by atoms with Crippen LogP contribution in [0.2, 0.25) is 0 Å². The van der Waals surface area contributed by atoms with Crippen LogP contribution in [0.3, 0.4) is 0 Å². The van der Waals surface area contributed by atoms with Crippen molar-refractivity contribution in [2.24, 2.45) is 5.92 Å². The lowest BCUT2D eigenvalue weighted by atomic mass is 9.87. The number of nitriles is 1. The van der Waals surface area contributed by atoms with Gasteiger partial charge < -0.3 is 9.88 Å². The molecule has 2 aromatic rings. The largest absolute Gasteiger partial charge is 0.345 e. The van der Waals surface area contributed by atoms with Crippen LogP contribution < -0.4 is 5.32 Å². The number of aromatic nitrogens is 1. The van der Waals surface area contributed by atoms with E-state index in [4.69, 9.17) is 0 Å². The third-order valence-corrected chi connectivity index (χ3v) is 4.26. The molecule has 0 radical (unpaired) electrons. The van der Waals surface area contributed by atoms with Gasteiger partial charge in [0.1, 0.15) is 0 Å². The van der Waals surface area contributed by atoms with Crippen molar-refractivity contribution in [1.29, 1.82) is 5.26 Å². The van der Waals surface area contributed by atoms with Crippen LogP contribution in [0.1, 0.15) is 18.1 Å². The summed E-state index contributed by atoms with van der Waals surface area (Å²) in [6.45, 7) is 4.25. The van der Waals surface area contributed by atoms with E-state index in [1.165, 1.54) is 16.7 Å². The van der Waals surface area contributed by atoms with Gasteiger partial charge in [-0.15, -0.1) is 0 Å². The van der Waals surface area contributed by atoms with Gasteiger partial charge in [-0.2, -0.15) is 5.26 Å². The zero-order valence-corrected chi connectivity index (χ0v) is 10.9. The number of benzene rings is 1. The molecule has 0 saturated carbocycles. The molecule has 0 saturated heterocycles. The Morgan fingerprint density at radius 2 is 2.26 bits per heavy atom. The molecule has 3 heterocycles. The molecule has 0 spiro atoms. The average Bonchev–Trinajstić information content (AvgIpc) is 2.85. The summed E-state index contributed by atoms with van der Waals surface area (Å²) in [6.07, 6.45) is 4.49. The highest BCUT2D eigenvalue weighted by atomic mass is 15.1. The topological polar surface area (TPSA) is 40.8 Å². The Balaban J connectivity index is 2.05. The molecular weight excluding hydrogens is 234 g/mol. The second-order valence-corrected chi connectivity index (χ2v) is 5.56. The SMILES string of the molecule is C[C@@H]1C=C2c3ccc(C#N)c4ccn(c34)CC2NC1. The second kappa shape index (κ2) is 3.72. The van der Waals surface area contributed by atoms with E-state index in [2.05, 4.69) is 47.3 Å². The van der Waals surface area contributed by atoms with Crippen molar-refractivity contribution in [2.45, 2.75) is 19.5 Å². The van der Waals surface area contributed by atoms with Crippen molar-refractivity contribution in [2.75, 3.05) is 6.54 Å². The molecule has 3 nitrogen and oxygen atoms in total. The van der Waals surface area contributed by atoms with Gasteiger partial charge in [-0.3, -0.25) is 0 Å². The summed E-state index contributed by atoms with van der Waals surface area (Å²) in [5, 5.41) is 13.9. The van der Waals surface area contributed by atoms with Crippen LogP contribution in [0.15, 0.2) is 30.5 Å². The minimum absolute atomic E-state index is 0.409. The first-order chi connectivity index (χ1) is 9.28. The lowest BCUT2D eigenvalue weighted by Gasteiger charge is -2.33. The van der Waals surface area contributed by atoms with Gasteiger partial charge in [-0.05, 0) is 23.6 Å². The van der Waals surface area contributed by atoms with Crippen molar-refractivity contribution in [1.82, 2.24) is 9.88 Å². The Morgan fingerprint density at radius 1 is 1.37 bits per heavy atom. The zero-order valence-electron chi connectivity index (χ0n) is 10.9. The Bertz CT molecular complexity index is 745. The summed E-state index contributed by atoms with van der Waals surface area (Å²) in [6, 6.07) is 8.82. The minimum Gasteiger partial charge on any atom is -0.345 e. The molecule has 4 rings (SSSR count). The van der Waals surface area contributed by atoms with Crippen molar-refractivity contribution < 1.29 is 0 Å². The number of nitrogens with one attached hydrogen (secondary N) is 1. The van der Waals surface area contributed by atoms with E-state index in [9.17, 15) is 5.26 Å². The van der Waals surface area contributed by atoms with Gasteiger partial charge in [0.05, 0.1) is 23.2 Å². The van der Waals surface area contributed by atoms with E-state index < -0.39 is 0 Å². The highest BCUT2D eigenvalue weighted by Gasteiger charge is 2.28. The molecule has 0 amide bonds. The molecule has 3 heteroatoms. The van der Waals surface area contributed by atoms with Crippen LogP contribution in [0.4, 0.5) is 0 Å². The van der Waals surface area contributed by atoms with Crippen LogP contribution in [0.25, 0.3) is 16.5 Å². The fraction of sp³-hybridized carbons (Fsp3) is 0.312. The maximum absolute atomic E-state index is 9.21. The average molecular weight is 249 g/mol. The highest BCUT2D eigenvalue weighted by molar-refractivity contribution is 5.97. The Morgan fingerprint density at radius 3 is 3.11 bits per heavy atom. The Hall–Kier alpha value is -2.05. The summed E-state index contributed by atoms with van der Waals surface area (Å²) in [5.74, 6) is 0.568. The monoisotopic (exact) mass is 249 g/mol. The van der Waals surface area contributed by atoms with Crippen LogP contribution in [0.5, 0.6) is 0 Å². The summed E-state index contributed by atoms with van der Waals surface area (Å²) in [4.78, 5) is 0. The Kier molecular flexibility index (Phi) is 2.12. The fourth-order valence-corrected chi connectivity index (χ4v) is 3.36. The van der Waals surface area contributed by atoms with Crippen molar-refractivity contribution in [3.8, 4) is 6.07 Å². The minimum atomic E-state index is 0.409. The second-order valence-electron chi connectivity index (χ2n) is 5.56. The van der Waals surface area contributed by atoms with Crippen LogP contribution in [-0.2, 0) is 6.54 Å². The molecule has 94 valence electrons. The predicted octanol–water partition coefficient (Wildman–Crippen LogP) is 2.52. The first-order valence-electron chi connectivity index (χ1n) is 6.75.